The molecule has 0 unspecified atom stereocenters. The minimum absolute atomic E-state index is 0.116. The van der Waals surface area contributed by atoms with Crippen molar-refractivity contribution in [1.29, 1.82) is 5.26 Å². The quantitative estimate of drug-likeness (QED) is 0.898. The van der Waals surface area contributed by atoms with E-state index in [4.69, 9.17) is 9.78 Å². The number of nitrogens with one attached hydrogen (secondary N) is 1. The third-order valence-corrected chi connectivity index (χ3v) is 4.31. The van der Waals surface area contributed by atoms with Gasteiger partial charge in [-0.3, -0.25) is 15.0 Å². The predicted octanol–water partition coefficient (Wildman–Crippen LogP) is 1.40. The first-order chi connectivity index (χ1) is 12.1. The Labute approximate surface area is 146 Å². The topological polar surface area (TPSA) is 98.3 Å². The number of aryl methyl sites for hydroxylation is 1. The van der Waals surface area contributed by atoms with Gasteiger partial charge in [-0.15, -0.1) is 0 Å². The van der Waals surface area contributed by atoms with Crippen molar-refractivity contribution in [2.45, 2.75) is 19.9 Å². The molecule has 0 saturated carbocycles. The van der Waals surface area contributed by atoms with Gasteiger partial charge in [0.25, 0.3) is 0 Å². The number of hydrogen-bond acceptors (Lipinski definition) is 7. The number of carbonyl (C=O) groups is 1. The second-order valence-corrected chi connectivity index (χ2v) is 6.04. The van der Waals surface area contributed by atoms with E-state index in [0.29, 0.717) is 11.4 Å². The molecule has 8 nitrogen and oxygen atoms in total. The molecule has 130 valence electrons. The zero-order valence-electron chi connectivity index (χ0n) is 14.3. The van der Waals surface area contributed by atoms with Crippen LogP contribution in [0, 0.1) is 18.3 Å². The van der Waals surface area contributed by atoms with Crippen LogP contribution in [-0.4, -0.2) is 53.2 Å². The lowest BCUT2D eigenvalue weighted by Gasteiger charge is -2.37. The Morgan fingerprint density at radius 1 is 1.36 bits per heavy atom. The molecule has 0 aliphatic carbocycles. The maximum absolute atomic E-state index is 12.4. The monoisotopic (exact) mass is 340 g/mol. The van der Waals surface area contributed by atoms with Crippen LogP contribution >= 0.6 is 0 Å². The van der Waals surface area contributed by atoms with Crippen LogP contribution in [0.5, 0.6) is 0 Å². The highest BCUT2D eigenvalue weighted by molar-refractivity contribution is 5.93. The van der Waals surface area contributed by atoms with E-state index in [2.05, 4.69) is 31.3 Å². The van der Waals surface area contributed by atoms with Crippen molar-refractivity contribution >= 4 is 17.6 Å². The molecular formula is C17H20N6O2. The number of pyridine rings is 1. The number of nitriles is 1. The van der Waals surface area contributed by atoms with Gasteiger partial charge in [-0.25, -0.2) is 4.98 Å². The van der Waals surface area contributed by atoms with Gasteiger partial charge in [-0.05, 0) is 26.0 Å². The molecule has 8 heteroatoms. The first kappa shape index (κ1) is 16.9. The van der Waals surface area contributed by atoms with Crippen molar-refractivity contribution in [1.82, 2.24) is 15.0 Å². The van der Waals surface area contributed by atoms with Gasteiger partial charge in [0, 0.05) is 38.4 Å². The fourth-order valence-electron chi connectivity index (χ4n) is 2.81. The molecule has 1 aliphatic rings. The number of carbonyl (C=O) groups excluding carboxylic acids is 1. The Morgan fingerprint density at radius 2 is 2.12 bits per heavy atom. The molecule has 1 N–H and O–H groups in total. The second kappa shape index (κ2) is 7.32. The van der Waals surface area contributed by atoms with Crippen LogP contribution in [0.4, 0.5) is 11.7 Å². The molecule has 1 atom stereocenters. The second-order valence-electron chi connectivity index (χ2n) is 6.04. The van der Waals surface area contributed by atoms with Gasteiger partial charge in [0.05, 0.1) is 23.4 Å². The molecule has 1 saturated heterocycles. The molecule has 0 radical (unpaired) electrons. The van der Waals surface area contributed by atoms with Crippen LogP contribution in [0.15, 0.2) is 28.9 Å². The zero-order valence-corrected chi connectivity index (χ0v) is 14.3. The summed E-state index contributed by atoms with van der Waals surface area (Å²) in [6.45, 7) is 6.66. The molecule has 1 aliphatic heterocycles. The van der Waals surface area contributed by atoms with E-state index in [1.54, 1.807) is 31.3 Å². The number of piperazine rings is 1. The molecule has 25 heavy (non-hydrogen) atoms. The van der Waals surface area contributed by atoms with Crippen molar-refractivity contribution < 1.29 is 9.32 Å². The summed E-state index contributed by atoms with van der Waals surface area (Å²) in [5.74, 6) is 1.05. The van der Waals surface area contributed by atoms with Crippen LogP contribution in [-0.2, 0) is 4.79 Å². The molecule has 2 aromatic rings. The average molecular weight is 340 g/mol. The van der Waals surface area contributed by atoms with Gasteiger partial charge in [0.15, 0.2) is 0 Å². The van der Waals surface area contributed by atoms with Gasteiger partial charge in [-0.2, -0.15) is 5.26 Å². The Bertz CT molecular complexity index is 788. The third kappa shape index (κ3) is 3.95. The van der Waals surface area contributed by atoms with Gasteiger partial charge in [-0.1, -0.05) is 5.16 Å². The number of anilines is 2. The predicted molar refractivity (Wildman–Crippen MR) is 92.1 cm³/mol. The molecular weight excluding hydrogens is 320 g/mol. The maximum atomic E-state index is 12.4. The van der Waals surface area contributed by atoms with Crippen LogP contribution < -0.4 is 10.2 Å². The van der Waals surface area contributed by atoms with E-state index in [1.165, 1.54) is 0 Å². The van der Waals surface area contributed by atoms with E-state index in [9.17, 15) is 4.79 Å². The largest absolute Gasteiger partial charge is 0.354 e. The molecule has 0 spiro atoms. The number of amides is 1. The molecule has 1 amide bonds. The lowest BCUT2D eigenvalue weighted by molar-refractivity contribution is -0.121. The standard InChI is InChI=1S/C17H20N6O2/c1-12-9-16(25-21-12)20-17(24)13(2)22-5-7-23(8-6-22)15-10-14(11-18)3-4-19-15/h3-4,9-10,13H,5-8H2,1-2H3,(H,20,24)/t13-/m1/s1. The molecule has 3 heterocycles. The van der Waals surface area contributed by atoms with E-state index >= 15 is 0 Å². The SMILES string of the molecule is Cc1cc(NC(=O)[C@@H](C)N2CCN(c3cc(C#N)ccn3)CC2)on1. The summed E-state index contributed by atoms with van der Waals surface area (Å²) in [6, 6.07) is 7.03. The van der Waals surface area contributed by atoms with E-state index < -0.39 is 0 Å². The zero-order chi connectivity index (χ0) is 17.8. The normalized spacial score (nSPS) is 16.3. The first-order valence-corrected chi connectivity index (χ1v) is 8.16. The van der Waals surface area contributed by atoms with E-state index in [0.717, 1.165) is 37.7 Å². The van der Waals surface area contributed by atoms with Crippen LogP contribution in [0.3, 0.4) is 0 Å². The van der Waals surface area contributed by atoms with Gasteiger partial charge < -0.3 is 9.42 Å². The average Bonchev–Trinajstić information content (AvgIpc) is 3.06. The number of aromatic nitrogens is 2. The van der Waals surface area contributed by atoms with Crippen molar-refractivity contribution in [2.24, 2.45) is 0 Å². The maximum Gasteiger partial charge on any atom is 0.243 e. The molecule has 3 rings (SSSR count). The fourth-order valence-corrected chi connectivity index (χ4v) is 2.81. The highest BCUT2D eigenvalue weighted by atomic mass is 16.5. The van der Waals surface area contributed by atoms with Crippen molar-refractivity contribution in [3.8, 4) is 6.07 Å². The number of nitrogens with zero attached hydrogens (tertiary/aromatic N) is 5. The van der Waals surface area contributed by atoms with Crippen LogP contribution in [0.1, 0.15) is 18.2 Å². The van der Waals surface area contributed by atoms with Gasteiger partial charge in [0.1, 0.15) is 5.82 Å². The summed E-state index contributed by atoms with van der Waals surface area (Å²) in [6.07, 6.45) is 1.65. The lowest BCUT2D eigenvalue weighted by Crippen LogP contribution is -2.53. The summed E-state index contributed by atoms with van der Waals surface area (Å²) in [5, 5.41) is 15.5. The third-order valence-electron chi connectivity index (χ3n) is 4.31. The summed E-state index contributed by atoms with van der Waals surface area (Å²) in [4.78, 5) is 20.9. The first-order valence-electron chi connectivity index (χ1n) is 8.16. The van der Waals surface area contributed by atoms with E-state index in [-0.39, 0.29) is 11.9 Å². The number of hydrogen-bond donors (Lipinski definition) is 1. The van der Waals surface area contributed by atoms with Crippen molar-refractivity contribution in [3.05, 3.63) is 35.7 Å². The number of rotatable bonds is 4. The lowest BCUT2D eigenvalue weighted by atomic mass is 10.2. The Balaban J connectivity index is 1.56. The molecule has 0 aromatic carbocycles. The summed E-state index contributed by atoms with van der Waals surface area (Å²) in [7, 11) is 0. The summed E-state index contributed by atoms with van der Waals surface area (Å²) in [5.41, 5.74) is 1.33. The minimum atomic E-state index is -0.272. The Hall–Kier alpha value is -2.92. The fraction of sp³-hybridized carbons (Fsp3) is 0.412. The van der Waals surface area contributed by atoms with Crippen molar-refractivity contribution in [2.75, 3.05) is 36.4 Å². The highest BCUT2D eigenvalue weighted by Gasteiger charge is 2.26. The van der Waals surface area contributed by atoms with Gasteiger partial charge >= 0.3 is 0 Å². The van der Waals surface area contributed by atoms with Gasteiger partial charge in [0.2, 0.25) is 11.8 Å². The van der Waals surface area contributed by atoms with E-state index in [1.807, 2.05) is 6.92 Å². The Morgan fingerprint density at radius 3 is 2.76 bits per heavy atom. The summed E-state index contributed by atoms with van der Waals surface area (Å²) >= 11 is 0. The van der Waals surface area contributed by atoms with Crippen LogP contribution in [0.2, 0.25) is 0 Å². The van der Waals surface area contributed by atoms with Crippen molar-refractivity contribution in [3.63, 3.8) is 0 Å². The smallest absolute Gasteiger partial charge is 0.243 e. The minimum Gasteiger partial charge on any atom is -0.354 e. The molecule has 2 aromatic heterocycles. The highest BCUT2D eigenvalue weighted by Crippen LogP contribution is 2.17. The van der Waals surface area contributed by atoms with Crippen LogP contribution in [0.25, 0.3) is 0 Å². The summed E-state index contributed by atoms with van der Waals surface area (Å²) < 4.78 is 5.03. The molecule has 0 bridgehead atoms. The molecule has 1 fully saturated rings. The Kier molecular flexibility index (Phi) is 4.95.